The van der Waals surface area contributed by atoms with Gasteiger partial charge >= 0.3 is 5.97 Å². The molecule has 120 valence electrons. The lowest BCUT2D eigenvalue weighted by atomic mass is 9.94. The average molecular weight is 334 g/mol. The number of methoxy groups -OCH3 is 1. The number of rotatable bonds is 5. The van der Waals surface area contributed by atoms with Gasteiger partial charge in [0.05, 0.1) is 18.5 Å². The van der Waals surface area contributed by atoms with Crippen LogP contribution in [0.1, 0.15) is 18.1 Å². The maximum atomic E-state index is 11.6. The van der Waals surface area contributed by atoms with Gasteiger partial charge in [0.1, 0.15) is 5.02 Å². The molecule has 0 amide bonds. The zero-order valence-electron chi connectivity index (χ0n) is 12.8. The number of hydrogen-bond acceptors (Lipinski definition) is 4. The third-order valence-electron chi connectivity index (χ3n) is 3.60. The van der Waals surface area contributed by atoms with Gasteiger partial charge < -0.3 is 4.74 Å². The fourth-order valence-corrected chi connectivity index (χ4v) is 2.50. The SMILES string of the molecule is CCc1ccc(CC(=O)OC)c(-c2ccc(Cl)c([N+](=O)[O-])c2)c1. The predicted octanol–water partition coefficient (Wildman–Crippen LogP) is 4.19. The number of carbonyl (C=O) groups is 1. The summed E-state index contributed by atoms with van der Waals surface area (Å²) in [7, 11) is 1.33. The highest BCUT2D eigenvalue weighted by atomic mass is 35.5. The first-order valence-electron chi connectivity index (χ1n) is 7.09. The molecular weight excluding hydrogens is 318 g/mol. The number of ether oxygens (including phenoxy) is 1. The predicted molar refractivity (Wildman–Crippen MR) is 88.6 cm³/mol. The van der Waals surface area contributed by atoms with E-state index in [1.165, 1.54) is 19.2 Å². The van der Waals surface area contributed by atoms with Crippen molar-refractivity contribution in [1.29, 1.82) is 0 Å². The van der Waals surface area contributed by atoms with Gasteiger partial charge in [0, 0.05) is 6.07 Å². The second kappa shape index (κ2) is 7.24. The minimum Gasteiger partial charge on any atom is -0.469 e. The molecule has 0 aliphatic carbocycles. The smallest absolute Gasteiger partial charge is 0.309 e. The fourth-order valence-electron chi connectivity index (χ4n) is 2.31. The Kier molecular flexibility index (Phi) is 5.34. The number of hydrogen-bond donors (Lipinski definition) is 0. The largest absolute Gasteiger partial charge is 0.469 e. The van der Waals surface area contributed by atoms with Crippen LogP contribution < -0.4 is 0 Å². The number of nitro benzene ring substituents is 1. The first kappa shape index (κ1) is 17.0. The Morgan fingerprint density at radius 2 is 2.00 bits per heavy atom. The standard InChI is InChI=1S/C17H16ClNO4/c1-3-11-4-5-13(10-17(20)23-2)14(8-11)12-6-7-15(18)16(9-12)19(21)22/h4-9H,3,10H2,1-2H3. The molecule has 5 nitrogen and oxygen atoms in total. The van der Waals surface area contributed by atoms with Crippen molar-refractivity contribution in [2.24, 2.45) is 0 Å². The number of aryl methyl sites for hydroxylation is 1. The second-order valence-electron chi connectivity index (χ2n) is 5.02. The van der Waals surface area contributed by atoms with Crippen molar-refractivity contribution in [2.45, 2.75) is 19.8 Å². The van der Waals surface area contributed by atoms with Gasteiger partial charge in [-0.2, -0.15) is 0 Å². The van der Waals surface area contributed by atoms with Crippen LogP contribution in [0.5, 0.6) is 0 Å². The normalized spacial score (nSPS) is 10.4. The Balaban J connectivity index is 2.58. The van der Waals surface area contributed by atoms with Crippen LogP contribution in [-0.4, -0.2) is 18.0 Å². The summed E-state index contributed by atoms with van der Waals surface area (Å²) in [6, 6.07) is 10.4. The van der Waals surface area contributed by atoms with Crippen LogP contribution in [0.3, 0.4) is 0 Å². The van der Waals surface area contributed by atoms with Crippen molar-refractivity contribution < 1.29 is 14.5 Å². The molecule has 0 radical (unpaired) electrons. The third kappa shape index (κ3) is 3.87. The van der Waals surface area contributed by atoms with Gasteiger partial charge in [-0.15, -0.1) is 0 Å². The van der Waals surface area contributed by atoms with Crippen LogP contribution in [0.15, 0.2) is 36.4 Å². The summed E-state index contributed by atoms with van der Waals surface area (Å²) in [4.78, 5) is 22.2. The minimum atomic E-state index is -0.518. The molecule has 0 heterocycles. The molecule has 0 bridgehead atoms. The summed E-state index contributed by atoms with van der Waals surface area (Å²) < 4.78 is 4.71. The molecule has 6 heteroatoms. The summed E-state index contributed by atoms with van der Waals surface area (Å²) in [5, 5.41) is 11.2. The van der Waals surface area contributed by atoms with Crippen molar-refractivity contribution >= 4 is 23.3 Å². The summed E-state index contributed by atoms with van der Waals surface area (Å²) in [5.41, 5.74) is 3.09. The number of nitrogens with zero attached hydrogens (tertiary/aromatic N) is 1. The molecule has 0 aliphatic rings. The molecule has 0 aliphatic heterocycles. The van der Waals surface area contributed by atoms with Gasteiger partial charge in [0.2, 0.25) is 0 Å². The molecule has 23 heavy (non-hydrogen) atoms. The van der Waals surface area contributed by atoms with E-state index in [-0.39, 0.29) is 23.1 Å². The number of halogens is 1. The monoisotopic (exact) mass is 333 g/mol. The number of esters is 1. The van der Waals surface area contributed by atoms with E-state index >= 15 is 0 Å². The Bertz CT molecular complexity index is 758. The van der Waals surface area contributed by atoms with Crippen LogP contribution >= 0.6 is 11.6 Å². The molecule has 0 saturated carbocycles. The average Bonchev–Trinajstić information content (AvgIpc) is 2.55. The van der Waals surface area contributed by atoms with Crippen molar-refractivity contribution in [3.63, 3.8) is 0 Å². The highest BCUT2D eigenvalue weighted by molar-refractivity contribution is 6.32. The lowest BCUT2D eigenvalue weighted by molar-refractivity contribution is -0.384. The highest BCUT2D eigenvalue weighted by Crippen LogP contribution is 2.33. The van der Waals surface area contributed by atoms with Gasteiger partial charge in [-0.1, -0.05) is 42.8 Å². The van der Waals surface area contributed by atoms with E-state index < -0.39 is 4.92 Å². The topological polar surface area (TPSA) is 69.4 Å². The maximum absolute atomic E-state index is 11.6. The van der Waals surface area contributed by atoms with Gasteiger partial charge in [-0.25, -0.2) is 0 Å². The van der Waals surface area contributed by atoms with Crippen LogP contribution in [0, 0.1) is 10.1 Å². The molecular formula is C17H16ClNO4. The van der Waals surface area contributed by atoms with Crippen LogP contribution in [-0.2, 0) is 22.4 Å². The molecule has 2 aromatic rings. The first-order chi connectivity index (χ1) is 11.0. The van der Waals surface area contributed by atoms with E-state index in [2.05, 4.69) is 0 Å². The molecule has 0 saturated heterocycles. The lowest BCUT2D eigenvalue weighted by Crippen LogP contribution is -2.06. The van der Waals surface area contributed by atoms with Crippen LogP contribution in [0.2, 0.25) is 5.02 Å². The quantitative estimate of drug-likeness (QED) is 0.467. The fraction of sp³-hybridized carbons (Fsp3) is 0.235. The molecule has 0 N–H and O–H groups in total. The van der Waals surface area contributed by atoms with Crippen molar-refractivity contribution in [2.75, 3.05) is 7.11 Å². The summed E-state index contributed by atoms with van der Waals surface area (Å²) in [6.07, 6.45) is 0.924. The van der Waals surface area contributed by atoms with Gasteiger partial charge in [-0.3, -0.25) is 14.9 Å². The molecule has 0 spiro atoms. The van der Waals surface area contributed by atoms with Gasteiger partial charge in [0.25, 0.3) is 5.69 Å². The van der Waals surface area contributed by atoms with Gasteiger partial charge in [-0.05, 0) is 34.7 Å². The van der Waals surface area contributed by atoms with E-state index in [0.29, 0.717) is 5.56 Å². The number of nitro groups is 1. The van der Waals surface area contributed by atoms with E-state index in [9.17, 15) is 14.9 Å². The zero-order chi connectivity index (χ0) is 17.0. The van der Waals surface area contributed by atoms with Gasteiger partial charge in [0.15, 0.2) is 0 Å². The van der Waals surface area contributed by atoms with Crippen molar-refractivity contribution in [1.82, 2.24) is 0 Å². The number of carbonyl (C=O) groups excluding carboxylic acids is 1. The van der Waals surface area contributed by atoms with Crippen LogP contribution in [0.25, 0.3) is 11.1 Å². The Morgan fingerprint density at radius 3 is 2.61 bits per heavy atom. The Morgan fingerprint density at radius 1 is 1.26 bits per heavy atom. The first-order valence-corrected chi connectivity index (χ1v) is 7.47. The van der Waals surface area contributed by atoms with Crippen molar-refractivity contribution in [3.05, 3.63) is 62.7 Å². The van der Waals surface area contributed by atoms with Crippen molar-refractivity contribution in [3.8, 4) is 11.1 Å². The third-order valence-corrected chi connectivity index (χ3v) is 3.92. The number of benzene rings is 2. The molecule has 2 aromatic carbocycles. The molecule has 0 unspecified atom stereocenters. The van der Waals surface area contributed by atoms with E-state index in [4.69, 9.17) is 16.3 Å². The molecule has 0 atom stereocenters. The Hall–Kier alpha value is -2.40. The lowest BCUT2D eigenvalue weighted by Gasteiger charge is -2.11. The summed E-state index contributed by atoms with van der Waals surface area (Å²) in [6.45, 7) is 2.02. The molecule has 2 rings (SSSR count). The maximum Gasteiger partial charge on any atom is 0.309 e. The van der Waals surface area contributed by atoms with Crippen LogP contribution in [0.4, 0.5) is 5.69 Å². The summed E-state index contributed by atoms with van der Waals surface area (Å²) >= 11 is 5.87. The molecule has 0 fully saturated rings. The Labute approximate surface area is 139 Å². The van der Waals surface area contributed by atoms with E-state index in [1.54, 1.807) is 6.07 Å². The minimum absolute atomic E-state index is 0.0833. The zero-order valence-corrected chi connectivity index (χ0v) is 13.6. The summed E-state index contributed by atoms with van der Waals surface area (Å²) in [5.74, 6) is -0.362. The molecule has 0 aromatic heterocycles. The second-order valence-corrected chi connectivity index (χ2v) is 5.43. The highest BCUT2D eigenvalue weighted by Gasteiger charge is 2.16. The van der Waals surface area contributed by atoms with E-state index in [1.807, 2.05) is 25.1 Å². The van der Waals surface area contributed by atoms with E-state index in [0.717, 1.165) is 23.1 Å².